The zero-order valence-corrected chi connectivity index (χ0v) is 10.2. The van der Waals surface area contributed by atoms with Gasteiger partial charge in [-0.05, 0) is 19.3 Å². The molecule has 0 N–H and O–H groups in total. The molecule has 0 atom stereocenters. The molecule has 0 aromatic carbocycles. The molecular weight excluding hydrogens is 231 g/mol. The molecule has 1 heterocycles. The van der Waals surface area contributed by atoms with Crippen LogP contribution in [0.2, 0.25) is 0 Å². The Hall–Kier alpha value is -1.07. The van der Waals surface area contributed by atoms with E-state index in [-0.39, 0.29) is 18.3 Å². The van der Waals surface area contributed by atoms with E-state index >= 15 is 0 Å². The quantitative estimate of drug-likeness (QED) is 0.763. The third-order valence-electron chi connectivity index (χ3n) is 3.41. The smallest absolute Gasteiger partial charge is 0.237 e. The highest BCUT2D eigenvalue weighted by Crippen LogP contribution is 2.50. The van der Waals surface area contributed by atoms with Crippen molar-refractivity contribution in [2.24, 2.45) is 0 Å². The average molecular weight is 247 g/mol. The normalized spacial score (nSPS) is 20.1. The minimum absolute atomic E-state index is 0.101. The standard InChI is InChI=1S/C11H16F3N3/c1-9(2,3)8-7-17(16-15-8)10(5-4-6-10)11(12,13)14/h7H,4-6H2,1-3H3. The second-order valence-electron chi connectivity index (χ2n) is 5.68. The van der Waals surface area contributed by atoms with Crippen LogP contribution in [0.3, 0.4) is 0 Å². The van der Waals surface area contributed by atoms with Gasteiger partial charge in [0.1, 0.15) is 0 Å². The summed E-state index contributed by atoms with van der Waals surface area (Å²) >= 11 is 0. The summed E-state index contributed by atoms with van der Waals surface area (Å²) in [6.07, 6.45) is -2.03. The monoisotopic (exact) mass is 247 g/mol. The molecule has 1 saturated carbocycles. The Kier molecular flexibility index (Phi) is 2.52. The van der Waals surface area contributed by atoms with Gasteiger partial charge in [0.25, 0.3) is 0 Å². The van der Waals surface area contributed by atoms with Gasteiger partial charge in [-0.3, -0.25) is 0 Å². The van der Waals surface area contributed by atoms with E-state index in [1.54, 1.807) is 0 Å². The number of rotatable bonds is 1. The minimum Gasteiger partial charge on any atom is -0.237 e. The van der Waals surface area contributed by atoms with Crippen LogP contribution in [0, 0.1) is 0 Å². The lowest BCUT2D eigenvalue weighted by Crippen LogP contribution is -2.53. The van der Waals surface area contributed by atoms with Gasteiger partial charge in [-0.25, -0.2) is 4.68 Å². The summed E-state index contributed by atoms with van der Waals surface area (Å²) in [6.45, 7) is 5.72. The van der Waals surface area contributed by atoms with Crippen LogP contribution in [0.4, 0.5) is 13.2 Å². The molecule has 0 radical (unpaired) electrons. The molecule has 0 saturated heterocycles. The van der Waals surface area contributed by atoms with Crippen LogP contribution in [-0.2, 0) is 11.0 Å². The summed E-state index contributed by atoms with van der Waals surface area (Å²) < 4.78 is 40.2. The fourth-order valence-electron chi connectivity index (χ4n) is 1.97. The van der Waals surface area contributed by atoms with Crippen molar-refractivity contribution < 1.29 is 13.2 Å². The summed E-state index contributed by atoms with van der Waals surface area (Å²) in [4.78, 5) is 0. The highest BCUT2D eigenvalue weighted by Gasteiger charge is 2.60. The fourth-order valence-corrected chi connectivity index (χ4v) is 1.97. The van der Waals surface area contributed by atoms with Crippen molar-refractivity contribution >= 4 is 0 Å². The lowest BCUT2D eigenvalue weighted by atomic mass is 9.76. The van der Waals surface area contributed by atoms with Gasteiger partial charge in [0.05, 0.1) is 11.9 Å². The second kappa shape index (κ2) is 3.46. The van der Waals surface area contributed by atoms with Crippen LogP contribution < -0.4 is 0 Å². The van der Waals surface area contributed by atoms with E-state index in [2.05, 4.69) is 10.3 Å². The number of hydrogen-bond acceptors (Lipinski definition) is 2. The van der Waals surface area contributed by atoms with E-state index in [1.165, 1.54) is 6.20 Å². The van der Waals surface area contributed by atoms with E-state index < -0.39 is 11.7 Å². The van der Waals surface area contributed by atoms with Crippen LogP contribution in [0.5, 0.6) is 0 Å². The molecule has 0 amide bonds. The van der Waals surface area contributed by atoms with Crippen LogP contribution >= 0.6 is 0 Å². The molecule has 1 aromatic rings. The van der Waals surface area contributed by atoms with Gasteiger partial charge in [-0.2, -0.15) is 13.2 Å². The van der Waals surface area contributed by atoms with Crippen LogP contribution in [0.15, 0.2) is 6.20 Å². The second-order valence-corrected chi connectivity index (χ2v) is 5.68. The Morgan fingerprint density at radius 1 is 1.24 bits per heavy atom. The molecule has 3 nitrogen and oxygen atoms in total. The zero-order valence-electron chi connectivity index (χ0n) is 10.2. The maximum atomic E-state index is 13.1. The Morgan fingerprint density at radius 2 is 1.82 bits per heavy atom. The van der Waals surface area contributed by atoms with E-state index in [1.807, 2.05) is 20.8 Å². The molecule has 0 bridgehead atoms. The molecule has 1 fully saturated rings. The maximum Gasteiger partial charge on any atom is 0.413 e. The highest BCUT2D eigenvalue weighted by molar-refractivity contribution is 5.10. The van der Waals surface area contributed by atoms with Gasteiger partial charge < -0.3 is 0 Å². The predicted molar refractivity (Wildman–Crippen MR) is 56.6 cm³/mol. The lowest BCUT2D eigenvalue weighted by Gasteiger charge is -2.42. The van der Waals surface area contributed by atoms with E-state index in [0.29, 0.717) is 12.1 Å². The van der Waals surface area contributed by atoms with Crippen molar-refractivity contribution in [1.29, 1.82) is 0 Å². The van der Waals surface area contributed by atoms with Crippen molar-refractivity contribution in [3.05, 3.63) is 11.9 Å². The molecule has 0 aliphatic heterocycles. The third kappa shape index (κ3) is 1.83. The molecule has 0 unspecified atom stereocenters. The van der Waals surface area contributed by atoms with Gasteiger partial charge >= 0.3 is 6.18 Å². The number of nitrogens with zero attached hydrogens (tertiary/aromatic N) is 3. The molecule has 0 spiro atoms. The molecule has 6 heteroatoms. The van der Waals surface area contributed by atoms with Crippen molar-refractivity contribution in [2.75, 3.05) is 0 Å². The largest absolute Gasteiger partial charge is 0.413 e. The van der Waals surface area contributed by atoms with Crippen molar-refractivity contribution in [2.45, 2.75) is 57.2 Å². The molecule has 17 heavy (non-hydrogen) atoms. The van der Waals surface area contributed by atoms with Crippen LogP contribution in [-0.4, -0.2) is 21.2 Å². The summed E-state index contributed by atoms with van der Waals surface area (Å²) in [6, 6.07) is 0. The zero-order chi connectivity index (χ0) is 12.9. The first kappa shape index (κ1) is 12.4. The molecule has 1 aliphatic rings. The average Bonchev–Trinajstić information content (AvgIpc) is 2.46. The van der Waals surface area contributed by atoms with E-state index in [9.17, 15) is 13.2 Å². The van der Waals surface area contributed by atoms with Crippen LogP contribution in [0.1, 0.15) is 45.7 Å². The number of hydrogen-bond donors (Lipinski definition) is 0. The predicted octanol–water partition coefficient (Wildman–Crippen LogP) is 3.02. The number of alkyl halides is 3. The fraction of sp³-hybridized carbons (Fsp3) is 0.818. The van der Waals surface area contributed by atoms with Gasteiger partial charge in [0, 0.05) is 5.41 Å². The minimum atomic E-state index is -4.26. The third-order valence-corrected chi connectivity index (χ3v) is 3.41. The molecule has 2 rings (SSSR count). The Morgan fingerprint density at radius 3 is 2.12 bits per heavy atom. The first-order chi connectivity index (χ1) is 7.67. The molecule has 1 aliphatic carbocycles. The summed E-state index contributed by atoms with van der Waals surface area (Å²) in [5.41, 5.74) is -1.51. The summed E-state index contributed by atoms with van der Waals surface area (Å²) in [5.74, 6) is 0. The van der Waals surface area contributed by atoms with Crippen molar-refractivity contribution in [3.8, 4) is 0 Å². The SMILES string of the molecule is CC(C)(C)c1cn(C2(C(F)(F)F)CCC2)nn1. The summed E-state index contributed by atoms with van der Waals surface area (Å²) in [7, 11) is 0. The highest BCUT2D eigenvalue weighted by atomic mass is 19.4. The molecule has 96 valence electrons. The van der Waals surface area contributed by atoms with Crippen LogP contribution in [0.25, 0.3) is 0 Å². The van der Waals surface area contributed by atoms with Gasteiger partial charge in [0.15, 0.2) is 5.54 Å². The number of halogens is 3. The number of aromatic nitrogens is 3. The first-order valence-electron chi connectivity index (χ1n) is 5.67. The lowest BCUT2D eigenvalue weighted by molar-refractivity contribution is -0.243. The summed E-state index contributed by atoms with van der Waals surface area (Å²) in [5, 5.41) is 7.55. The van der Waals surface area contributed by atoms with E-state index in [4.69, 9.17) is 0 Å². The van der Waals surface area contributed by atoms with Gasteiger partial charge in [0.2, 0.25) is 0 Å². The molecule has 1 aromatic heterocycles. The Bertz CT molecular complexity index is 410. The van der Waals surface area contributed by atoms with Crippen molar-refractivity contribution in [1.82, 2.24) is 15.0 Å². The first-order valence-corrected chi connectivity index (χ1v) is 5.67. The van der Waals surface area contributed by atoms with Crippen molar-refractivity contribution in [3.63, 3.8) is 0 Å². The van der Waals surface area contributed by atoms with E-state index in [0.717, 1.165) is 4.68 Å². The molecular formula is C11H16F3N3. The van der Waals surface area contributed by atoms with Gasteiger partial charge in [-0.1, -0.05) is 26.0 Å². The topological polar surface area (TPSA) is 30.7 Å². The van der Waals surface area contributed by atoms with Gasteiger partial charge in [-0.15, -0.1) is 5.10 Å². The Labute approximate surface area is 98.0 Å². The maximum absolute atomic E-state index is 13.1. The Balaban J connectivity index is 2.37.